The summed E-state index contributed by atoms with van der Waals surface area (Å²) in [4.78, 5) is 4.45. The molecule has 0 radical (unpaired) electrons. The molecule has 0 bridgehead atoms. The van der Waals surface area contributed by atoms with Gasteiger partial charge in [0, 0.05) is 17.5 Å². The van der Waals surface area contributed by atoms with Crippen LogP contribution in [0.5, 0.6) is 0 Å². The molecular formula is C16H15ClN2O. The van der Waals surface area contributed by atoms with Crippen molar-refractivity contribution in [3.05, 3.63) is 64.5 Å². The van der Waals surface area contributed by atoms with Gasteiger partial charge in [-0.15, -0.1) is 0 Å². The molecular weight excluding hydrogens is 272 g/mol. The summed E-state index contributed by atoms with van der Waals surface area (Å²) in [5.41, 5.74) is 10.1. The van der Waals surface area contributed by atoms with Gasteiger partial charge in [-0.05, 0) is 42.3 Å². The lowest BCUT2D eigenvalue weighted by Crippen LogP contribution is -2.14. The second kappa shape index (κ2) is 5.27. The van der Waals surface area contributed by atoms with E-state index in [1.54, 1.807) is 0 Å². The van der Waals surface area contributed by atoms with Crippen LogP contribution < -0.4 is 5.73 Å². The number of halogens is 1. The first-order chi connectivity index (χ1) is 9.63. The lowest BCUT2D eigenvalue weighted by molar-refractivity contribution is 0.502. The Balaban J connectivity index is 1.88. The summed E-state index contributed by atoms with van der Waals surface area (Å²) in [5.74, 6) is 0.651. The zero-order valence-electron chi connectivity index (χ0n) is 11.1. The second-order valence-corrected chi connectivity index (χ2v) is 5.32. The van der Waals surface area contributed by atoms with Crippen LogP contribution in [-0.2, 0) is 6.42 Å². The minimum absolute atomic E-state index is 0.179. The molecule has 0 spiro atoms. The number of aryl methyl sites for hydroxylation is 1. The quantitative estimate of drug-likeness (QED) is 0.791. The Morgan fingerprint density at radius 1 is 1.25 bits per heavy atom. The monoisotopic (exact) mass is 286 g/mol. The zero-order chi connectivity index (χ0) is 14.1. The maximum Gasteiger partial charge on any atom is 0.197 e. The van der Waals surface area contributed by atoms with Crippen LogP contribution in [0.1, 0.15) is 23.1 Å². The maximum atomic E-state index is 6.26. The Kier molecular flexibility index (Phi) is 3.47. The van der Waals surface area contributed by atoms with Gasteiger partial charge in [0.1, 0.15) is 5.52 Å². The minimum Gasteiger partial charge on any atom is -0.441 e. The van der Waals surface area contributed by atoms with Gasteiger partial charge in [-0.25, -0.2) is 4.98 Å². The van der Waals surface area contributed by atoms with Crippen LogP contribution in [0.4, 0.5) is 0 Å². The average molecular weight is 287 g/mol. The molecule has 3 nitrogen and oxygen atoms in total. The molecule has 2 N–H and O–H groups in total. The lowest BCUT2D eigenvalue weighted by Gasteiger charge is -2.13. The number of oxazole rings is 1. The van der Waals surface area contributed by atoms with Crippen molar-refractivity contribution >= 4 is 22.7 Å². The predicted molar refractivity (Wildman–Crippen MR) is 80.8 cm³/mol. The largest absolute Gasteiger partial charge is 0.441 e. The molecule has 0 aliphatic heterocycles. The van der Waals surface area contributed by atoms with Gasteiger partial charge in [-0.2, -0.15) is 0 Å². The minimum atomic E-state index is -0.179. The molecule has 2 aromatic carbocycles. The number of hydrogen-bond acceptors (Lipinski definition) is 3. The first-order valence-electron chi connectivity index (χ1n) is 6.49. The molecule has 0 saturated heterocycles. The molecule has 0 amide bonds. The summed E-state index contributed by atoms with van der Waals surface area (Å²) in [6.45, 7) is 2.03. The first-order valence-corrected chi connectivity index (χ1v) is 6.87. The topological polar surface area (TPSA) is 52.0 Å². The third kappa shape index (κ3) is 2.55. The molecule has 20 heavy (non-hydrogen) atoms. The van der Waals surface area contributed by atoms with Crippen molar-refractivity contribution in [1.82, 2.24) is 4.98 Å². The molecule has 4 heteroatoms. The van der Waals surface area contributed by atoms with Crippen LogP contribution in [0, 0.1) is 6.92 Å². The molecule has 3 aromatic rings. The second-order valence-electron chi connectivity index (χ2n) is 4.89. The molecule has 1 aromatic heterocycles. The summed E-state index contributed by atoms with van der Waals surface area (Å²) in [7, 11) is 0. The van der Waals surface area contributed by atoms with Crippen LogP contribution in [0.25, 0.3) is 11.1 Å². The van der Waals surface area contributed by atoms with Gasteiger partial charge in [0.05, 0.1) is 0 Å². The molecule has 0 aliphatic carbocycles. The summed E-state index contributed by atoms with van der Waals surface area (Å²) >= 11 is 6.03. The number of hydrogen-bond donors (Lipinski definition) is 1. The third-order valence-electron chi connectivity index (χ3n) is 3.37. The summed E-state index contributed by atoms with van der Waals surface area (Å²) in [6.07, 6.45) is 0.551. The molecule has 102 valence electrons. The smallest absolute Gasteiger partial charge is 0.197 e. The molecule has 3 rings (SSSR count). The van der Waals surface area contributed by atoms with Gasteiger partial charge in [0.2, 0.25) is 0 Å². The molecule has 0 saturated carbocycles. The highest BCUT2D eigenvalue weighted by Crippen LogP contribution is 2.24. The van der Waals surface area contributed by atoms with Crippen LogP contribution in [-0.4, -0.2) is 4.98 Å². The van der Waals surface area contributed by atoms with Gasteiger partial charge in [-0.1, -0.05) is 29.8 Å². The summed E-state index contributed by atoms with van der Waals surface area (Å²) in [5, 5.41) is 0.693. The Morgan fingerprint density at radius 3 is 2.85 bits per heavy atom. The van der Waals surface area contributed by atoms with E-state index in [9.17, 15) is 0 Å². The molecule has 1 unspecified atom stereocenters. The number of aromatic nitrogens is 1. The van der Waals surface area contributed by atoms with E-state index in [4.69, 9.17) is 21.8 Å². The fraction of sp³-hybridized carbons (Fsp3) is 0.188. The highest BCUT2D eigenvalue weighted by molar-refractivity contribution is 6.30. The van der Waals surface area contributed by atoms with Crippen LogP contribution in [0.3, 0.4) is 0 Å². The Morgan fingerprint density at radius 2 is 2.05 bits per heavy atom. The number of nitrogens with two attached hydrogens (primary N) is 1. The first kappa shape index (κ1) is 13.2. The van der Waals surface area contributed by atoms with E-state index in [0.717, 1.165) is 22.2 Å². The van der Waals surface area contributed by atoms with E-state index >= 15 is 0 Å². The highest BCUT2D eigenvalue weighted by Gasteiger charge is 2.14. The zero-order valence-corrected chi connectivity index (χ0v) is 11.9. The van der Waals surface area contributed by atoms with Crippen molar-refractivity contribution in [2.24, 2.45) is 5.73 Å². The number of para-hydroxylation sites is 2. The normalized spacial score (nSPS) is 12.8. The van der Waals surface area contributed by atoms with Crippen LogP contribution in [0.2, 0.25) is 5.02 Å². The van der Waals surface area contributed by atoms with Gasteiger partial charge < -0.3 is 10.2 Å². The Hall–Kier alpha value is -1.84. The third-order valence-corrected chi connectivity index (χ3v) is 3.61. The molecule has 0 aliphatic rings. The number of fused-ring (bicyclic) bond motifs is 1. The van der Waals surface area contributed by atoms with Crippen LogP contribution in [0.15, 0.2) is 46.9 Å². The summed E-state index contributed by atoms with van der Waals surface area (Å²) in [6, 6.07) is 13.3. The van der Waals surface area contributed by atoms with Crippen molar-refractivity contribution < 1.29 is 4.42 Å². The van der Waals surface area contributed by atoms with Crippen LogP contribution >= 0.6 is 11.6 Å². The highest BCUT2D eigenvalue weighted by atomic mass is 35.5. The van der Waals surface area contributed by atoms with Gasteiger partial charge in [-0.3, -0.25) is 0 Å². The molecule has 1 atom stereocenters. The van der Waals surface area contributed by atoms with Crippen molar-refractivity contribution in [2.75, 3.05) is 0 Å². The van der Waals surface area contributed by atoms with Crippen molar-refractivity contribution in [3.8, 4) is 0 Å². The van der Waals surface area contributed by atoms with Gasteiger partial charge in [0.15, 0.2) is 11.5 Å². The predicted octanol–water partition coefficient (Wildman–Crippen LogP) is 4.03. The van der Waals surface area contributed by atoms with Crippen molar-refractivity contribution in [3.63, 3.8) is 0 Å². The van der Waals surface area contributed by atoms with Gasteiger partial charge in [0.25, 0.3) is 0 Å². The maximum absolute atomic E-state index is 6.26. The Bertz CT molecular complexity index is 718. The van der Waals surface area contributed by atoms with E-state index in [-0.39, 0.29) is 6.04 Å². The van der Waals surface area contributed by atoms with E-state index in [1.165, 1.54) is 0 Å². The van der Waals surface area contributed by atoms with Crippen molar-refractivity contribution in [2.45, 2.75) is 19.4 Å². The molecule has 0 fully saturated rings. The van der Waals surface area contributed by atoms with Crippen molar-refractivity contribution in [1.29, 1.82) is 0 Å². The van der Waals surface area contributed by atoms with E-state index in [2.05, 4.69) is 4.98 Å². The number of nitrogens with zero attached hydrogens (tertiary/aromatic N) is 1. The van der Waals surface area contributed by atoms with E-state index in [1.807, 2.05) is 49.4 Å². The Labute approximate surface area is 122 Å². The number of benzene rings is 2. The SMILES string of the molecule is Cc1ccc(Cl)cc1C(N)Cc1nc2ccccc2o1. The number of rotatable bonds is 3. The standard InChI is InChI=1S/C16H15ClN2O/c1-10-6-7-11(17)8-12(10)13(18)9-16-19-14-4-2-3-5-15(14)20-16/h2-8,13H,9,18H2,1H3. The average Bonchev–Trinajstić information content (AvgIpc) is 2.83. The van der Waals surface area contributed by atoms with E-state index < -0.39 is 0 Å². The van der Waals surface area contributed by atoms with Gasteiger partial charge >= 0.3 is 0 Å². The molecule has 1 heterocycles. The summed E-state index contributed by atoms with van der Waals surface area (Å²) < 4.78 is 5.71. The van der Waals surface area contributed by atoms with E-state index in [0.29, 0.717) is 17.3 Å². The fourth-order valence-corrected chi connectivity index (χ4v) is 2.50. The lowest BCUT2D eigenvalue weighted by atomic mass is 9.99. The fourth-order valence-electron chi connectivity index (χ4n) is 2.32.